The van der Waals surface area contributed by atoms with E-state index in [-0.39, 0.29) is 12.5 Å². The highest BCUT2D eigenvalue weighted by Gasteiger charge is 2.07. The Hall–Kier alpha value is -2.41. The van der Waals surface area contributed by atoms with E-state index in [0.29, 0.717) is 12.5 Å². The summed E-state index contributed by atoms with van der Waals surface area (Å²) >= 11 is 1.66. The topological polar surface area (TPSA) is 78.4 Å². The molecule has 2 rings (SSSR count). The van der Waals surface area contributed by atoms with E-state index in [1.165, 1.54) is 10.4 Å². The van der Waals surface area contributed by atoms with E-state index in [1.807, 2.05) is 38.1 Å². The summed E-state index contributed by atoms with van der Waals surface area (Å²) < 4.78 is 0. The number of hydrogen-bond acceptors (Lipinski definition) is 4. The van der Waals surface area contributed by atoms with Gasteiger partial charge in [-0.15, -0.1) is 11.3 Å². The van der Waals surface area contributed by atoms with Crippen LogP contribution in [0.3, 0.4) is 0 Å². The van der Waals surface area contributed by atoms with Crippen LogP contribution in [0.1, 0.15) is 28.1 Å². The van der Waals surface area contributed by atoms with Gasteiger partial charge in [-0.1, -0.05) is 19.1 Å². The molecule has 0 bridgehead atoms. The molecule has 2 aromatic rings. The smallest absolute Gasteiger partial charge is 0.243 e. The molecule has 3 N–H and O–H groups in total. The van der Waals surface area contributed by atoms with Crippen LogP contribution in [-0.4, -0.2) is 30.4 Å². The zero-order chi connectivity index (χ0) is 18.2. The van der Waals surface area contributed by atoms with Gasteiger partial charge in [0.05, 0.1) is 23.8 Å². The van der Waals surface area contributed by atoms with Gasteiger partial charge < -0.3 is 16.0 Å². The van der Waals surface area contributed by atoms with E-state index in [4.69, 9.17) is 0 Å². The number of carbonyl (C=O) groups is 1. The summed E-state index contributed by atoms with van der Waals surface area (Å²) in [5.74, 6) is 0.476. The first-order valence-corrected chi connectivity index (χ1v) is 9.09. The number of nitrogens with one attached hydrogen (secondary N) is 3. The third-order valence-corrected chi connectivity index (χ3v) is 4.75. The zero-order valence-corrected chi connectivity index (χ0v) is 16.0. The first kappa shape index (κ1) is 18.9. The number of aryl methyl sites for hydroxylation is 3. The number of guanidine groups is 1. The van der Waals surface area contributed by atoms with Gasteiger partial charge in [-0.05, 0) is 38.0 Å². The lowest BCUT2D eigenvalue weighted by atomic mass is 10.1. The minimum atomic E-state index is -0.110. The lowest BCUT2D eigenvalue weighted by Gasteiger charge is -2.12. The number of amides is 1. The summed E-state index contributed by atoms with van der Waals surface area (Å²) in [4.78, 5) is 21.8. The summed E-state index contributed by atoms with van der Waals surface area (Å²) in [6.45, 7) is 6.86. The molecule has 0 spiro atoms. The fourth-order valence-corrected chi connectivity index (χ4v) is 3.24. The molecule has 134 valence electrons. The molecule has 0 aliphatic rings. The van der Waals surface area contributed by atoms with Gasteiger partial charge in [-0.2, -0.15) is 0 Å². The Bertz CT molecular complexity index is 754. The van der Waals surface area contributed by atoms with Crippen LogP contribution in [0.2, 0.25) is 0 Å². The molecule has 6 nitrogen and oxygen atoms in total. The maximum absolute atomic E-state index is 12.1. The second kappa shape index (κ2) is 9.17. The fourth-order valence-electron chi connectivity index (χ4n) is 2.36. The fraction of sp³-hybridized carbons (Fsp3) is 0.389. The van der Waals surface area contributed by atoms with Crippen molar-refractivity contribution in [2.45, 2.75) is 33.7 Å². The second-order valence-corrected chi connectivity index (χ2v) is 6.91. The predicted molar refractivity (Wildman–Crippen MR) is 104 cm³/mol. The van der Waals surface area contributed by atoms with E-state index in [2.05, 4.69) is 32.9 Å². The van der Waals surface area contributed by atoms with Crippen molar-refractivity contribution in [1.82, 2.24) is 15.6 Å². The van der Waals surface area contributed by atoms with E-state index < -0.39 is 0 Å². The molecule has 0 radical (unpaired) electrons. The van der Waals surface area contributed by atoms with Crippen LogP contribution >= 0.6 is 11.3 Å². The van der Waals surface area contributed by atoms with Gasteiger partial charge in [0.15, 0.2) is 5.96 Å². The molecule has 0 aliphatic carbocycles. The van der Waals surface area contributed by atoms with E-state index >= 15 is 0 Å². The Kier molecular flexibility index (Phi) is 6.94. The van der Waals surface area contributed by atoms with Crippen LogP contribution in [0.5, 0.6) is 0 Å². The zero-order valence-electron chi connectivity index (χ0n) is 15.1. The van der Waals surface area contributed by atoms with Gasteiger partial charge in [0.25, 0.3) is 0 Å². The Balaban J connectivity index is 1.81. The van der Waals surface area contributed by atoms with Gasteiger partial charge in [0.2, 0.25) is 5.91 Å². The standard InChI is InChI=1S/C18H25N5OS/c1-5-14-7-6-8-15(9-14)23-17(24)11-21-18(19-4)20-10-16-12(2)22-13(3)25-16/h6-9H,5,10-11H2,1-4H3,(H,23,24)(H2,19,20,21). The Morgan fingerprint density at radius 2 is 2.08 bits per heavy atom. The minimum Gasteiger partial charge on any atom is -0.351 e. The number of aromatic nitrogens is 1. The van der Waals surface area contributed by atoms with Gasteiger partial charge >= 0.3 is 0 Å². The third-order valence-electron chi connectivity index (χ3n) is 3.67. The molecule has 1 heterocycles. The first-order chi connectivity index (χ1) is 12.0. The van der Waals surface area contributed by atoms with E-state index in [0.717, 1.165) is 22.8 Å². The van der Waals surface area contributed by atoms with Crippen molar-refractivity contribution in [2.24, 2.45) is 4.99 Å². The van der Waals surface area contributed by atoms with Crippen LogP contribution in [0.25, 0.3) is 0 Å². The summed E-state index contributed by atoms with van der Waals surface area (Å²) in [6, 6.07) is 7.86. The van der Waals surface area contributed by atoms with Gasteiger partial charge in [0, 0.05) is 17.6 Å². The van der Waals surface area contributed by atoms with Crippen LogP contribution in [-0.2, 0) is 17.8 Å². The van der Waals surface area contributed by atoms with Crippen molar-refractivity contribution in [2.75, 3.05) is 18.9 Å². The summed E-state index contributed by atoms with van der Waals surface area (Å²) in [7, 11) is 1.68. The van der Waals surface area contributed by atoms with Crippen LogP contribution in [0.15, 0.2) is 29.3 Å². The second-order valence-electron chi connectivity index (χ2n) is 5.62. The Morgan fingerprint density at radius 1 is 1.28 bits per heavy atom. The number of thiazole rings is 1. The van der Waals surface area contributed by atoms with Gasteiger partial charge in [-0.25, -0.2) is 4.98 Å². The molecule has 0 unspecified atom stereocenters. The predicted octanol–water partition coefficient (Wildman–Crippen LogP) is 2.63. The van der Waals surface area contributed by atoms with E-state index in [9.17, 15) is 4.79 Å². The van der Waals surface area contributed by atoms with Gasteiger partial charge in [0.1, 0.15) is 0 Å². The monoisotopic (exact) mass is 359 g/mol. The Labute approximate surface area is 152 Å². The van der Waals surface area contributed by atoms with Crippen molar-refractivity contribution < 1.29 is 4.79 Å². The maximum atomic E-state index is 12.1. The molecule has 0 fully saturated rings. The highest BCUT2D eigenvalue weighted by molar-refractivity contribution is 7.11. The maximum Gasteiger partial charge on any atom is 0.243 e. The normalized spacial score (nSPS) is 11.3. The number of benzene rings is 1. The highest BCUT2D eigenvalue weighted by Crippen LogP contribution is 2.16. The molecular formula is C18H25N5OS. The molecular weight excluding hydrogens is 334 g/mol. The van der Waals surface area contributed by atoms with Crippen LogP contribution in [0.4, 0.5) is 5.69 Å². The van der Waals surface area contributed by atoms with Crippen molar-refractivity contribution >= 4 is 28.9 Å². The lowest BCUT2D eigenvalue weighted by molar-refractivity contribution is -0.115. The number of carbonyl (C=O) groups excluding carboxylic acids is 1. The average molecular weight is 359 g/mol. The number of rotatable bonds is 6. The van der Waals surface area contributed by atoms with Crippen molar-refractivity contribution in [3.8, 4) is 0 Å². The largest absolute Gasteiger partial charge is 0.351 e. The molecule has 0 aliphatic heterocycles. The van der Waals surface area contributed by atoms with Crippen molar-refractivity contribution in [3.05, 3.63) is 45.4 Å². The number of hydrogen-bond donors (Lipinski definition) is 3. The summed E-state index contributed by atoms with van der Waals surface area (Å²) in [6.07, 6.45) is 0.939. The van der Waals surface area contributed by atoms with E-state index in [1.54, 1.807) is 18.4 Å². The molecule has 0 atom stereocenters. The quantitative estimate of drug-likeness (QED) is 0.547. The SMILES string of the molecule is CCc1cccc(NC(=O)CNC(=NC)NCc2sc(C)nc2C)c1. The van der Waals surface area contributed by atoms with Crippen LogP contribution in [0, 0.1) is 13.8 Å². The molecule has 25 heavy (non-hydrogen) atoms. The highest BCUT2D eigenvalue weighted by atomic mass is 32.1. The molecule has 7 heteroatoms. The van der Waals surface area contributed by atoms with Gasteiger partial charge in [-0.3, -0.25) is 9.79 Å². The first-order valence-electron chi connectivity index (χ1n) is 8.28. The minimum absolute atomic E-state index is 0.110. The number of nitrogens with zero attached hydrogens (tertiary/aromatic N) is 2. The molecule has 1 aromatic carbocycles. The van der Waals surface area contributed by atoms with Crippen molar-refractivity contribution in [1.29, 1.82) is 0 Å². The number of aliphatic imine (C=N–C) groups is 1. The molecule has 0 saturated carbocycles. The molecule has 1 aromatic heterocycles. The number of anilines is 1. The molecule has 1 amide bonds. The van der Waals surface area contributed by atoms with Crippen molar-refractivity contribution in [3.63, 3.8) is 0 Å². The summed E-state index contributed by atoms with van der Waals surface area (Å²) in [5.41, 5.74) is 3.03. The third kappa shape index (κ3) is 5.86. The lowest BCUT2D eigenvalue weighted by Crippen LogP contribution is -2.41. The summed E-state index contributed by atoms with van der Waals surface area (Å²) in [5, 5.41) is 10.2. The average Bonchev–Trinajstić information content (AvgIpc) is 2.92. The molecule has 0 saturated heterocycles. The Morgan fingerprint density at radius 3 is 2.72 bits per heavy atom. The van der Waals surface area contributed by atoms with Crippen LogP contribution < -0.4 is 16.0 Å².